The second-order valence-electron chi connectivity index (χ2n) is 9.37. The third-order valence-corrected chi connectivity index (χ3v) is 8.49. The average molecular weight is 586 g/mol. The van der Waals surface area contributed by atoms with E-state index in [1.165, 1.54) is 36.3 Å². The van der Waals surface area contributed by atoms with E-state index in [1.807, 2.05) is 45.0 Å². The van der Waals surface area contributed by atoms with Crippen LogP contribution in [0.25, 0.3) is 0 Å². The van der Waals surface area contributed by atoms with Crippen LogP contribution in [-0.2, 0) is 26.2 Å². The van der Waals surface area contributed by atoms with E-state index in [0.717, 1.165) is 21.9 Å². The van der Waals surface area contributed by atoms with E-state index < -0.39 is 28.5 Å². The molecule has 3 aromatic carbocycles. The first kappa shape index (κ1) is 31.0. The highest BCUT2D eigenvalue weighted by Gasteiger charge is 2.33. The van der Waals surface area contributed by atoms with Crippen molar-refractivity contribution in [2.24, 2.45) is 0 Å². The van der Waals surface area contributed by atoms with Gasteiger partial charge in [0.25, 0.3) is 10.0 Å². The number of anilines is 1. The van der Waals surface area contributed by atoms with Crippen LogP contribution in [0.1, 0.15) is 37.8 Å². The lowest BCUT2D eigenvalue weighted by Crippen LogP contribution is -2.52. The number of hydrogen-bond acceptors (Lipinski definition) is 5. The highest BCUT2D eigenvalue weighted by Crippen LogP contribution is 2.32. The molecule has 0 unspecified atom stereocenters. The number of rotatable bonds is 13. The summed E-state index contributed by atoms with van der Waals surface area (Å²) < 4.78 is 34.0. The SMILES string of the molecule is CCCNC(=O)[C@@H](CC)N(Cc1cccc(C)c1)C(=O)CN(c1ccc(OC)c(Cl)c1)S(=O)(=O)c1ccccc1. The molecule has 0 saturated carbocycles. The van der Waals surface area contributed by atoms with Gasteiger partial charge in [-0.3, -0.25) is 13.9 Å². The summed E-state index contributed by atoms with van der Waals surface area (Å²) in [5.74, 6) is -0.435. The molecule has 3 aromatic rings. The molecular formula is C30H36ClN3O5S. The van der Waals surface area contributed by atoms with Crippen molar-refractivity contribution >= 4 is 39.1 Å². The number of nitrogens with zero attached hydrogens (tertiary/aromatic N) is 2. The van der Waals surface area contributed by atoms with Crippen molar-refractivity contribution in [2.75, 3.05) is 24.5 Å². The van der Waals surface area contributed by atoms with Crippen molar-refractivity contribution in [3.05, 3.63) is 88.9 Å². The van der Waals surface area contributed by atoms with Gasteiger partial charge in [-0.25, -0.2) is 8.42 Å². The van der Waals surface area contributed by atoms with Gasteiger partial charge in [-0.05, 0) is 55.7 Å². The summed E-state index contributed by atoms with van der Waals surface area (Å²) in [4.78, 5) is 28.7. The number of hydrogen-bond donors (Lipinski definition) is 1. The van der Waals surface area contributed by atoms with E-state index >= 15 is 0 Å². The lowest BCUT2D eigenvalue weighted by atomic mass is 10.1. The van der Waals surface area contributed by atoms with Crippen molar-refractivity contribution in [3.63, 3.8) is 0 Å². The Bertz CT molecular complexity index is 1420. The Kier molecular flexibility index (Phi) is 11.0. The van der Waals surface area contributed by atoms with Gasteiger partial charge >= 0.3 is 0 Å². The first-order valence-electron chi connectivity index (χ1n) is 13.2. The molecule has 10 heteroatoms. The fourth-order valence-electron chi connectivity index (χ4n) is 4.35. The number of sulfonamides is 1. The predicted molar refractivity (Wildman–Crippen MR) is 158 cm³/mol. The maximum Gasteiger partial charge on any atom is 0.264 e. The van der Waals surface area contributed by atoms with Gasteiger partial charge < -0.3 is 15.0 Å². The molecule has 0 spiro atoms. The molecule has 0 saturated heterocycles. The Morgan fingerprint density at radius 3 is 2.33 bits per heavy atom. The zero-order valence-corrected chi connectivity index (χ0v) is 24.8. The number of ether oxygens (including phenoxy) is 1. The first-order chi connectivity index (χ1) is 19.1. The summed E-state index contributed by atoms with van der Waals surface area (Å²) >= 11 is 6.36. The largest absolute Gasteiger partial charge is 0.495 e. The standard InChI is InChI=1S/C30H36ClN3O5S/c1-5-17-32-30(36)27(6-2)33(20-23-12-10-11-22(3)18-23)29(35)21-34(24-15-16-28(39-4)26(31)19-24)40(37,38)25-13-8-7-9-14-25/h7-16,18-19,27H,5-6,17,20-21H2,1-4H3,(H,32,36)/t27-/m1/s1. The first-order valence-corrected chi connectivity index (χ1v) is 15.0. The smallest absolute Gasteiger partial charge is 0.264 e. The van der Waals surface area contributed by atoms with Crippen LogP contribution in [-0.4, -0.2) is 51.4 Å². The lowest BCUT2D eigenvalue weighted by Gasteiger charge is -2.33. The summed E-state index contributed by atoms with van der Waals surface area (Å²) in [6.45, 7) is 5.80. The molecule has 8 nitrogen and oxygen atoms in total. The van der Waals surface area contributed by atoms with Crippen LogP contribution in [0.3, 0.4) is 0 Å². The van der Waals surface area contributed by atoms with Crippen molar-refractivity contribution < 1.29 is 22.7 Å². The summed E-state index contributed by atoms with van der Waals surface area (Å²) in [6, 6.07) is 19.3. The molecule has 0 heterocycles. The van der Waals surface area contributed by atoms with Crippen LogP contribution < -0.4 is 14.4 Å². The zero-order valence-electron chi connectivity index (χ0n) is 23.3. The number of carbonyl (C=O) groups is 2. The van der Waals surface area contributed by atoms with Gasteiger partial charge in [-0.2, -0.15) is 0 Å². The van der Waals surface area contributed by atoms with Crippen LogP contribution in [0, 0.1) is 6.92 Å². The molecule has 0 aromatic heterocycles. The highest BCUT2D eigenvalue weighted by molar-refractivity contribution is 7.92. The minimum Gasteiger partial charge on any atom is -0.495 e. The summed E-state index contributed by atoms with van der Waals surface area (Å²) in [5, 5.41) is 3.08. The number of carbonyl (C=O) groups excluding carboxylic acids is 2. The molecule has 214 valence electrons. The average Bonchev–Trinajstić information content (AvgIpc) is 2.94. The van der Waals surface area contributed by atoms with Gasteiger partial charge in [0.05, 0.1) is 22.7 Å². The third kappa shape index (κ3) is 7.55. The van der Waals surface area contributed by atoms with E-state index in [4.69, 9.17) is 16.3 Å². The quantitative estimate of drug-likeness (QED) is 0.298. The Morgan fingerprint density at radius 2 is 1.73 bits per heavy atom. The van der Waals surface area contributed by atoms with E-state index in [1.54, 1.807) is 24.3 Å². The lowest BCUT2D eigenvalue weighted by molar-refractivity contribution is -0.140. The Hall–Kier alpha value is -3.56. The van der Waals surface area contributed by atoms with Gasteiger partial charge in [-0.15, -0.1) is 0 Å². The van der Waals surface area contributed by atoms with Crippen LogP contribution in [0.4, 0.5) is 5.69 Å². The zero-order chi connectivity index (χ0) is 29.3. The van der Waals surface area contributed by atoms with E-state index in [2.05, 4.69) is 5.32 Å². The molecule has 0 bridgehead atoms. The molecule has 1 atom stereocenters. The minimum absolute atomic E-state index is 0.0210. The number of amides is 2. The molecule has 40 heavy (non-hydrogen) atoms. The van der Waals surface area contributed by atoms with Gasteiger partial charge in [0.2, 0.25) is 11.8 Å². The van der Waals surface area contributed by atoms with Crippen LogP contribution in [0.5, 0.6) is 5.75 Å². The van der Waals surface area contributed by atoms with Gasteiger partial charge in [0, 0.05) is 13.1 Å². The molecule has 2 amide bonds. The molecule has 0 aliphatic carbocycles. The monoisotopic (exact) mass is 585 g/mol. The van der Waals surface area contributed by atoms with Crippen LogP contribution in [0.2, 0.25) is 5.02 Å². The summed E-state index contributed by atoms with van der Waals surface area (Å²) in [7, 11) is -2.72. The molecule has 0 fully saturated rings. The van der Waals surface area contributed by atoms with Gasteiger partial charge in [0.1, 0.15) is 18.3 Å². The Labute approximate surface area is 241 Å². The van der Waals surface area contributed by atoms with Crippen LogP contribution >= 0.6 is 11.6 Å². The van der Waals surface area contributed by atoms with Gasteiger partial charge in [-0.1, -0.05) is 73.5 Å². The minimum atomic E-state index is -4.18. The van der Waals surface area contributed by atoms with E-state index in [-0.39, 0.29) is 28.1 Å². The second kappa shape index (κ2) is 14.2. The molecule has 0 aliphatic rings. The predicted octanol–water partition coefficient (Wildman–Crippen LogP) is 5.19. The van der Waals surface area contributed by atoms with Gasteiger partial charge in [0.15, 0.2) is 0 Å². The van der Waals surface area contributed by atoms with Crippen molar-refractivity contribution in [1.82, 2.24) is 10.2 Å². The molecular weight excluding hydrogens is 550 g/mol. The normalized spacial score (nSPS) is 11.9. The summed E-state index contributed by atoms with van der Waals surface area (Å²) in [5.41, 5.74) is 2.04. The Balaban J connectivity index is 2.07. The van der Waals surface area contributed by atoms with Crippen molar-refractivity contribution in [3.8, 4) is 5.75 Å². The summed E-state index contributed by atoms with van der Waals surface area (Å²) in [6.07, 6.45) is 1.10. The Morgan fingerprint density at radius 1 is 1.00 bits per heavy atom. The molecule has 1 N–H and O–H groups in total. The second-order valence-corrected chi connectivity index (χ2v) is 11.6. The van der Waals surface area contributed by atoms with Crippen molar-refractivity contribution in [1.29, 1.82) is 0 Å². The number of benzene rings is 3. The number of nitrogens with one attached hydrogen (secondary N) is 1. The molecule has 3 rings (SSSR count). The number of halogens is 1. The third-order valence-electron chi connectivity index (χ3n) is 6.40. The maximum absolute atomic E-state index is 14.1. The number of methoxy groups -OCH3 is 1. The maximum atomic E-state index is 14.1. The molecule has 0 aliphatic heterocycles. The van der Waals surface area contributed by atoms with E-state index in [0.29, 0.717) is 18.7 Å². The van der Waals surface area contributed by atoms with Crippen molar-refractivity contribution in [2.45, 2.75) is 51.1 Å². The van der Waals surface area contributed by atoms with E-state index in [9.17, 15) is 18.0 Å². The number of aryl methyl sites for hydroxylation is 1. The highest BCUT2D eigenvalue weighted by atomic mass is 35.5. The fourth-order valence-corrected chi connectivity index (χ4v) is 6.03. The fraction of sp³-hybridized carbons (Fsp3) is 0.333. The topological polar surface area (TPSA) is 96.0 Å². The van der Waals surface area contributed by atoms with Crippen LogP contribution in [0.15, 0.2) is 77.7 Å². The molecule has 0 radical (unpaired) electrons.